The SMILES string of the molecule is C=CCC(NC(=O)C(CCC(=O)O)NC(=O)C(CCC(=O)O)NC(=O)C(CCC(=O)O)NC(=O)C(CCC(=O)O)NC(=O)C(CCC(=O)O)NC(=O)C(CCC(=O)O)NC(=O)C(CCC(=O)O)NC(=O)C(CCC(=O)O)NC(=O)C(CCC(=O)O)NC(=O)C(CCC(=O)O)NC(=O)C(CCC(=O)O)NC(=O)C(CCC(=O)O)NC(=O)C(CCC(=O)O)NC(=O)C(CCC(=O)O)NC(=O)C(=C)C)C(=O)O. The van der Waals surface area contributed by atoms with E-state index in [1.165, 1.54) is 6.92 Å². The standard InChI is InChI=1S/C79H111N15O45/c1-4-5-49(79(138)139)94-78(137)48(19-33-63(121)122)93-77(136)47(18-32-62(119)120)92-76(135)46(17-31-61(117)118)91-75(134)45(16-30-60(115)116)90-74(133)44(15-29-59(113)114)89-73(132)43(14-28-58(111)112)88-72(131)42(13-27-57(109)110)87-71(130)41(12-26-56(107)108)86-70(129)40(11-25-55(105)106)85-69(128)39(10-24-54(103)104)84-68(127)38(9-23-53(101)102)83-67(126)37(8-22-52(99)100)82-66(125)36(7-21-51(97)98)81-65(124)35(6-20-50(95)96)80-64(123)34(2)3/h4,35-49H,1-2,5-33H2,3H3,(H,80,123)(H,81,124)(H,82,125)(H,83,126)(H,84,127)(H,85,128)(H,86,129)(H,87,130)(H,88,131)(H,89,132)(H,90,133)(H,91,134)(H,92,135)(H,93,136)(H,94,137)(H,95,96)(H,97,98)(H,99,100)(H,101,102)(H,103,104)(H,105,106)(H,107,108)(H,109,110)(H,111,112)(H,113,114)(H,115,116)(H,117,118)(H,119,120)(H,121,122)(H,138,139). The monoisotopic (exact) mass is 1990 g/mol. The summed E-state index contributed by atoms with van der Waals surface area (Å²) in [5, 5.41) is 175. The summed E-state index contributed by atoms with van der Waals surface area (Å²) in [6.45, 7) is 7.93. The lowest BCUT2D eigenvalue weighted by Crippen LogP contribution is -2.61. The topological polar surface area (TPSA) is 996 Å². The quantitative estimate of drug-likeness (QED) is 0.0199. The van der Waals surface area contributed by atoms with E-state index in [0.29, 0.717) is 0 Å². The zero-order chi connectivity index (χ0) is 106. The van der Waals surface area contributed by atoms with Crippen LogP contribution in [0.5, 0.6) is 0 Å². The van der Waals surface area contributed by atoms with E-state index < -0.39 is 455 Å². The minimum Gasteiger partial charge on any atom is -0.481 e. The molecule has 0 aromatic rings. The Hall–Kier alpha value is -16.4. The van der Waals surface area contributed by atoms with Crippen molar-refractivity contribution in [3.05, 3.63) is 24.8 Å². The molecule has 0 saturated carbocycles. The van der Waals surface area contributed by atoms with Gasteiger partial charge in [0.05, 0.1) is 0 Å². The number of aliphatic carboxylic acids is 15. The van der Waals surface area contributed by atoms with Gasteiger partial charge in [-0.1, -0.05) is 12.7 Å². The first-order valence-electron chi connectivity index (χ1n) is 41.9. The predicted molar refractivity (Wildman–Crippen MR) is 452 cm³/mol. The average Bonchev–Trinajstić information content (AvgIpc) is 0.851. The number of carboxylic acid groups (broad SMARTS) is 15. The molecule has 0 saturated heterocycles. The van der Waals surface area contributed by atoms with Gasteiger partial charge in [0.15, 0.2) is 0 Å². The van der Waals surface area contributed by atoms with E-state index in [2.05, 4.69) is 29.1 Å². The first-order chi connectivity index (χ1) is 64.8. The van der Waals surface area contributed by atoms with Gasteiger partial charge in [0, 0.05) is 95.5 Å². The first-order valence-corrected chi connectivity index (χ1v) is 41.9. The molecule has 30 N–H and O–H groups in total. The van der Waals surface area contributed by atoms with E-state index in [1.54, 1.807) is 0 Å². The third-order valence-corrected chi connectivity index (χ3v) is 19.3. The molecule has 772 valence electrons. The molecule has 15 unspecified atom stereocenters. The Morgan fingerprint density at radius 2 is 0.273 bits per heavy atom. The second kappa shape index (κ2) is 63.7. The lowest BCUT2D eigenvalue weighted by atomic mass is 10.0. The van der Waals surface area contributed by atoms with Crippen LogP contribution in [0.15, 0.2) is 24.8 Å². The molecule has 0 fully saturated rings. The highest BCUT2D eigenvalue weighted by Crippen LogP contribution is 2.16. The molecule has 0 heterocycles. The van der Waals surface area contributed by atoms with Crippen LogP contribution in [-0.4, -0.2) is 345 Å². The number of carbonyl (C=O) groups excluding carboxylic acids is 15. The Kier molecular flexibility index (Phi) is 56.2. The number of hydrogen-bond acceptors (Lipinski definition) is 30. The maximum Gasteiger partial charge on any atom is 0.326 e. The van der Waals surface area contributed by atoms with Crippen molar-refractivity contribution in [1.82, 2.24) is 79.8 Å². The van der Waals surface area contributed by atoms with Gasteiger partial charge in [0.2, 0.25) is 88.6 Å². The van der Waals surface area contributed by atoms with Crippen molar-refractivity contribution in [2.75, 3.05) is 0 Å². The van der Waals surface area contributed by atoms with Crippen LogP contribution >= 0.6 is 0 Å². The number of carboxylic acids is 15. The normalized spacial score (nSPS) is 14.0. The van der Waals surface area contributed by atoms with Crippen LogP contribution in [0.3, 0.4) is 0 Å². The molecule has 139 heavy (non-hydrogen) atoms. The molecule has 0 radical (unpaired) electrons. The summed E-state index contributed by atoms with van der Waals surface area (Å²) < 4.78 is 0. The molecule has 0 bridgehead atoms. The predicted octanol–water partition coefficient (Wildman–Crippen LogP) is -8.40. The van der Waals surface area contributed by atoms with E-state index >= 15 is 0 Å². The molecular formula is C79H111N15O45. The van der Waals surface area contributed by atoms with Crippen molar-refractivity contribution >= 4 is 178 Å². The van der Waals surface area contributed by atoms with Gasteiger partial charge in [0.1, 0.15) is 90.6 Å². The van der Waals surface area contributed by atoms with E-state index in [1.807, 2.05) is 63.8 Å². The summed E-state index contributed by atoms with van der Waals surface area (Å²) in [5.41, 5.74) is -0.196. The molecule has 0 aromatic carbocycles. The second-order valence-electron chi connectivity index (χ2n) is 30.6. The molecule has 0 aliphatic carbocycles. The zero-order valence-corrected chi connectivity index (χ0v) is 74.1. The highest BCUT2D eigenvalue weighted by molar-refractivity contribution is 6.03. The van der Waals surface area contributed by atoms with Crippen molar-refractivity contribution < 1.29 is 220 Å². The van der Waals surface area contributed by atoms with Crippen molar-refractivity contribution in [1.29, 1.82) is 0 Å². The van der Waals surface area contributed by atoms with E-state index in [0.717, 1.165) is 6.08 Å². The van der Waals surface area contributed by atoms with Gasteiger partial charge in [-0.25, -0.2) is 4.79 Å². The van der Waals surface area contributed by atoms with Gasteiger partial charge >= 0.3 is 89.5 Å². The van der Waals surface area contributed by atoms with Crippen molar-refractivity contribution in [2.45, 2.75) is 284 Å². The van der Waals surface area contributed by atoms with Gasteiger partial charge in [0.25, 0.3) is 0 Å². The van der Waals surface area contributed by atoms with Gasteiger partial charge in [-0.15, -0.1) is 6.58 Å². The largest absolute Gasteiger partial charge is 0.481 e. The van der Waals surface area contributed by atoms with E-state index in [4.69, 9.17) is 0 Å². The molecule has 15 atom stereocenters. The molecule has 0 spiro atoms. The average molecular weight is 1990 g/mol. The minimum absolute atomic E-state index is 0.196. The Morgan fingerprint density at radius 1 is 0.180 bits per heavy atom. The fourth-order valence-corrected chi connectivity index (χ4v) is 12.0. The number of rotatable bonds is 75. The Morgan fingerprint density at radius 3 is 0.353 bits per heavy atom. The number of nitrogens with one attached hydrogen (secondary N) is 15. The van der Waals surface area contributed by atoms with E-state index in [-0.39, 0.29) is 5.57 Å². The van der Waals surface area contributed by atoms with Crippen LogP contribution < -0.4 is 79.8 Å². The van der Waals surface area contributed by atoms with Crippen LogP contribution in [0, 0.1) is 0 Å². The van der Waals surface area contributed by atoms with E-state index in [9.17, 15) is 220 Å². The van der Waals surface area contributed by atoms with Crippen LogP contribution in [-0.2, 0) is 144 Å². The summed E-state index contributed by atoms with van der Waals surface area (Å²) in [6.07, 6.45) is -27.6. The summed E-state index contributed by atoms with van der Waals surface area (Å²) >= 11 is 0. The third-order valence-electron chi connectivity index (χ3n) is 19.3. The smallest absolute Gasteiger partial charge is 0.326 e. The molecule has 60 nitrogen and oxygen atoms in total. The van der Waals surface area contributed by atoms with Gasteiger partial charge in [-0.05, 0) is 103 Å². The first kappa shape index (κ1) is 123. The molecule has 15 amide bonds. The number of hydrogen-bond donors (Lipinski definition) is 30. The molecular weight excluding hydrogens is 1880 g/mol. The van der Waals surface area contributed by atoms with Crippen molar-refractivity contribution in [2.24, 2.45) is 0 Å². The third kappa shape index (κ3) is 53.3. The van der Waals surface area contributed by atoms with Crippen LogP contribution in [0.25, 0.3) is 0 Å². The maximum absolute atomic E-state index is 14.4. The Bertz CT molecular complexity index is 4440. The lowest BCUT2D eigenvalue weighted by molar-refractivity contribution is -0.143. The van der Waals surface area contributed by atoms with Crippen LogP contribution in [0.4, 0.5) is 0 Å². The Labute approximate surface area is 784 Å². The van der Waals surface area contributed by atoms with Gasteiger partial charge in [-0.3, -0.25) is 139 Å². The van der Waals surface area contributed by atoms with Crippen molar-refractivity contribution in [3.63, 3.8) is 0 Å². The van der Waals surface area contributed by atoms with Crippen molar-refractivity contribution in [3.8, 4) is 0 Å². The zero-order valence-electron chi connectivity index (χ0n) is 74.1. The van der Waals surface area contributed by atoms with Gasteiger partial charge in [-0.2, -0.15) is 0 Å². The summed E-state index contributed by atoms with van der Waals surface area (Å²) in [7, 11) is 0. The Balaban J connectivity index is 7.89. The molecule has 60 heteroatoms. The number of carbonyl (C=O) groups is 30. The fraction of sp³-hybridized carbons (Fsp3) is 0.570. The van der Waals surface area contributed by atoms with Crippen LogP contribution in [0.2, 0.25) is 0 Å². The molecule has 0 aliphatic rings. The summed E-state index contributed by atoms with van der Waals surface area (Å²) in [5.74, 6) is -48.3. The maximum atomic E-state index is 14.4. The minimum atomic E-state index is -2.35. The second-order valence-corrected chi connectivity index (χ2v) is 30.6. The molecule has 0 rings (SSSR count). The lowest BCUT2D eigenvalue weighted by Gasteiger charge is -2.28. The van der Waals surface area contributed by atoms with Gasteiger partial charge < -0.3 is 156 Å². The molecule has 0 aromatic heterocycles. The summed E-state index contributed by atoms with van der Waals surface area (Å²) in [6, 6.07) is -32.5. The fourth-order valence-electron chi connectivity index (χ4n) is 12.0. The highest BCUT2D eigenvalue weighted by Gasteiger charge is 2.41. The molecule has 0 aliphatic heterocycles. The number of amides is 15. The summed E-state index contributed by atoms with van der Waals surface area (Å²) in [4.78, 5) is 389. The van der Waals surface area contributed by atoms with Crippen LogP contribution in [0.1, 0.15) is 193 Å². The highest BCUT2D eigenvalue weighted by atomic mass is 16.4.